The van der Waals surface area contributed by atoms with Crippen molar-refractivity contribution >= 4 is 35.2 Å². The van der Waals surface area contributed by atoms with Crippen molar-refractivity contribution in [3.05, 3.63) is 63.7 Å². The van der Waals surface area contributed by atoms with Crippen molar-refractivity contribution in [3.8, 4) is 0 Å². The maximum atomic E-state index is 2.39. The molecule has 21 heavy (non-hydrogen) atoms. The highest BCUT2D eigenvalue weighted by molar-refractivity contribution is 14.1. The third-order valence-electron chi connectivity index (χ3n) is 4.01. The molecule has 0 radical (unpaired) electrons. The molecule has 0 saturated carbocycles. The van der Waals surface area contributed by atoms with Crippen LogP contribution >= 0.6 is 29.9 Å². The SMILES string of the molecule is CCC[P+](CCC)(Cc1ccc([125I])cc1)c1ccccc1. The second kappa shape index (κ2) is 8.29. The van der Waals surface area contributed by atoms with Crippen molar-refractivity contribution in [1.29, 1.82) is 0 Å². The van der Waals surface area contributed by atoms with E-state index in [1.54, 1.807) is 5.30 Å². The fraction of sp³-hybridized carbons (Fsp3) is 0.368. The molecule has 0 unspecified atom stereocenters. The molecule has 2 heteroatoms. The fourth-order valence-corrected chi connectivity index (χ4v) is 8.18. The molecule has 0 saturated heterocycles. The summed E-state index contributed by atoms with van der Waals surface area (Å²) in [5.41, 5.74) is 1.51. The third kappa shape index (κ3) is 4.53. The van der Waals surface area contributed by atoms with Gasteiger partial charge in [-0.3, -0.25) is 0 Å². The molecule has 0 amide bonds. The van der Waals surface area contributed by atoms with E-state index in [0.717, 1.165) is 0 Å². The van der Waals surface area contributed by atoms with Crippen LogP contribution in [0.5, 0.6) is 0 Å². The van der Waals surface area contributed by atoms with Gasteiger partial charge in [-0.25, -0.2) is 0 Å². The predicted molar refractivity (Wildman–Crippen MR) is 106 cm³/mol. The van der Waals surface area contributed by atoms with Gasteiger partial charge in [0.25, 0.3) is 0 Å². The number of hydrogen-bond donors (Lipinski definition) is 0. The summed E-state index contributed by atoms with van der Waals surface area (Å²) >= 11 is 2.39. The number of benzene rings is 2. The van der Waals surface area contributed by atoms with E-state index in [1.807, 2.05) is 0 Å². The van der Waals surface area contributed by atoms with Gasteiger partial charge in [-0.2, -0.15) is 0 Å². The molecule has 0 aliphatic carbocycles. The Bertz CT molecular complexity index is 527. The molecule has 0 heterocycles. The van der Waals surface area contributed by atoms with Gasteiger partial charge >= 0.3 is 0 Å². The Morgan fingerprint density at radius 3 is 1.90 bits per heavy atom. The first kappa shape index (κ1) is 17.0. The Morgan fingerprint density at radius 2 is 1.38 bits per heavy atom. The van der Waals surface area contributed by atoms with Gasteiger partial charge in [0.05, 0.1) is 31.1 Å². The lowest BCUT2D eigenvalue weighted by molar-refractivity contribution is 1.03. The van der Waals surface area contributed by atoms with Crippen molar-refractivity contribution < 1.29 is 0 Å². The maximum absolute atomic E-state index is 2.39. The molecule has 0 nitrogen and oxygen atoms in total. The monoisotopic (exact) mass is 409 g/mol. The zero-order valence-electron chi connectivity index (χ0n) is 13.1. The summed E-state index contributed by atoms with van der Waals surface area (Å²) in [5, 5.41) is 1.62. The highest BCUT2D eigenvalue weighted by Crippen LogP contribution is 2.61. The fourth-order valence-electron chi connectivity index (χ4n) is 3.16. The standard InChI is InChI=1S/C19H25IP/c1-3-14-21(15-4-2,19-8-6-5-7-9-19)16-17-10-12-18(20)13-11-17/h5-13H,3-4,14-16H2,1-2H3/q+1/i20-2. The minimum Gasteiger partial charge on any atom is -0.0620 e. The normalized spacial score (nSPS) is 11.6. The molecule has 2 aromatic rings. The first-order valence-corrected chi connectivity index (χ1v) is 11.3. The van der Waals surface area contributed by atoms with Gasteiger partial charge < -0.3 is 0 Å². The van der Waals surface area contributed by atoms with Gasteiger partial charge in [-0.05, 0) is 65.3 Å². The molecule has 0 aliphatic heterocycles. The molecular weight excluding hydrogens is 384 g/mol. The van der Waals surface area contributed by atoms with Crippen LogP contribution in [0.1, 0.15) is 32.3 Å². The van der Waals surface area contributed by atoms with Crippen LogP contribution in [-0.4, -0.2) is 12.3 Å². The van der Waals surface area contributed by atoms with Gasteiger partial charge in [0.1, 0.15) is 0 Å². The molecule has 0 fully saturated rings. The van der Waals surface area contributed by atoms with Crippen LogP contribution in [0.4, 0.5) is 0 Å². The molecule has 0 spiro atoms. The zero-order chi connectivity index (χ0) is 15.1. The lowest BCUT2D eigenvalue weighted by Gasteiger charge is -2.27. The Balaban J connectivity index is 2.36. The first-order chi connectivity index (χ1) is 10.2. The third-order valence-corrected chi connectivity index (χ3v) is 9.70. The predicted octanol–water partition coefficient (Wildman–Crippen LogP) is 5.95. The largest absolute Gasteiger partial charge is 0.0943 e. The average Bonchev–Trinajstić information content (AvgIpc) is 2.51. The Hall–Kier alpha value is -0.400. The Morgan fingerprint density at radius 1 is 0.810 bits per heavy atom. The van der Waals surface area contributed by atoms with Crippen molar-refractivity contribution in [2.75, 3.05) is 12.3 Å². The average molecular weight is 409 g/mol. The lowest BCUT2D eigenvalue weighted by Crippen LogP contribution is -2.19. The topological polar surface area (TPSA) is 0 Å². The lowest BCUT2D eigenvalue weighted by atomic mass is 10.2. The second-order valence-electron chi connectivity index (χ2n) is 5.71. The van der Waals surface area contributed by atoms with E-state index in [-0.39, 0.29) is 0 Å². The summed E-state index contributed by atoms with van der Waals surface area (Å²) in [6.07, 6.45) is 6.57. The molecule has 0 N–H and O–H groups in total. The summed E-state index contributed by atoms with van der Waals surface area (Å²) in [4.78, 5) is 0. The Labute approximate surface area is 143 Å². The molecular formula is C19H25IP+. The summed E-state index contributed by atoms with van der Waals surface area (Å²) in [6.45, 7) is 4.67. The maximum Gasteiger partial charge on any atom is 0.0943 e. The van der Waals surface area contributed by atoms with E-state index in [2.05, 4.69) is 91.0 Å². The van der Waals surface area contributed by atoms with Crippen molar-refractivity contribution in [2.45, 2.75) is 32.9 Å². The molecule has 112 valence electrons. The van der Waals surface area contributed by atoms with E-state index >= 15 is 0 Å². The van der Waals surface area contributed by atoms with E-state index in [1.165, 1.54) is 40.5 Å². The molecule has 0 bridgehead atoms. The van der Waals surface area contributed by atoms with Crippen molar-refractivity contribution in [1.82, 2.24) is 0 Å². The summed E-state index contributed by atoms with van der Waals surface area (Å²) in [6, 6.07) is 20.4. The zero-order valence-corrected chi connectivity index (χ0v) is 16.1. The minimum absolute atomic E-state index is 1.09. The smallest absolute Gasteiger partial charge is 0.0620 e. The quantitative estimate of drug-likeness (QED) is 0.391. The number of halogens is 1. The molecule has 0 atom stereocenters. The van der Waals surface area contributed by atoms with Crippen LogP contribution < -0.4 is 5.30 Å². The van der Waals surface area contributed by atoms with Crippen LogP contribution in [-0.2, 0) is 6.16 Å². The summed E-state index contributed by atoms with van der Waals surface area (Å²) < 4.78 is 1.32. The van der Waals surface area contributed by atoms with Gasteiger partial charge in [0, 0.05) is 3.57 Å². The highest BCUT2D eigenvalue weighted by Gasteiger charge is 2.38. The highest BCUT2D eigenvalue weighted by atomic mass is 125. The molecule has 2 rings (SSSR count). The van der Waals surface area contributed by atoms with Crippen LogP contribution in [0.2, 0.25) is 0 Å². The van der Waals surface area contributed by atoms with Crippen LogP contribution in [0.15, 0.2) is 54.6 Å². The summed E-state index contributed by atoms with van der Waals surface area (Å²) in [7, 11) is -1.09. The van der Waals surface area contributed by atoms with E-state index in [0.29, 0.717) is 0 Å². The number of hydrogen-bond acceptors (Lipinski definition) is 0. The van der Waals surface area contributed by atoms with Crippen LogP contribution in [0.25, 0.3) is 0 Å². The molecule has 0 aliphatic rings. The van der Waals surface area contributed by atoms with Crippen molar-refractivity contribution in [2.24, 2.45) is 0 Å². The van der Waals surface area contributed by atoms with E-state index < -0.39 is 7.26 Å². The van der Waals surface area contributed by atoms with Crippen molar-refractivity contribution in [3.63, 3.8) is 0 Å². The van der Waals surface area contributed by atoms with Gasteiger partial charge in [0.2, 0.25) is 0 Å². The molecule has 0 aromatic heterocycles. The van der Waals surface area contributed by atoms with Crippen LogP contribution in [0.3, 0.4) is 0 Å². The van der Waals surface area contributed by atoms with Gasteiger partial charge in [-0.1, -0.05) is 44.2 Å². The molecule has 2 aromatic carbocycles. The second-order valence-corrected chi connectivity index (χ2v) is 11.0. The van der Waals surface area contributed by atoms with E-state index in [4.69, 9.17) is 0 Å². The minimum atomic E-state index is -1.09. The van der Waals surface area contributed by atoms with Crippen LogP contribution in [0, 0.1) is 3.57 Å². The van der Waals surface area contributed by atoms with Gasteiger partial charge in [-0.15, -0.1) is 0 Å². The number of rotatable bonds is 7. The first-order valence-electron chi connectivity index (χ1n) is 7.86. The van der Waals surface area contributed by atoms with E-state index in [9.17, 15) is 0 Å². The Kier molecular flexibility index (Phi) is 6.70. The summed E-state index contributed by atoms with van der Waals surface area (Å²) in [5.74, 6) is 0. The van der Waals surface area contributed by atoms with Gasteiger partial charge in [0.15, 0.2) is 0 Å².